The molecule has 0 spiro atoms. The molecule has 2 aromatic carbocycles. The van der Waals surface area contributed by atoms with Gasteiger partial charge in [-0.3, -0.25) is 4.90 Å². The number of rotatable bonds is 7. The molecule has 0 bridgehead atoms. The number of aromatic nitrogens is 4. The molecule has 1 saturated heterocycles. The van der Waals surface area contributed by atoms with E-state index in [4.69, 9.17) is 0 Å². The number of hydrogen-bond donors (Lipinski definition) is 0. The molecule has 2 heterocycles. The van der Waals surface area contributed by atoms with Crippen molar-refractivity contribution in [2.75, 3.05) is 31.1 Å². The van der Waals surface area contributed by atoms with E-state index in [1.807, 2.05) is 35.0 Å². The van der Waals surface area contributed by atoms with Crippen LogP contribution in [-0.2, 0) is 6.54 Å². The lowest BCUT2D eigenvalue weighted by Gasteiger charge is -2.40. The second-order valence-corrected chi connectivity index (χ2v) is 8.30. The summed E-state index contributed by atoms with van der Waals surface area (Å²) >= 11 is 0. The Morgan fingerprint density at radius 3 is 2.33 bits per heavy atom. The fourth-order valence-corrected chi connectivity index (χ4v) is 4.17. The first kappa shape index (κ1) is 20.5. The number of anilines is 1. The van der Waals surface area contributed by atoms with Gasteiger partial charge in [0, 0.05) is 26.2 Å². The number of benzene rings is 2. The van der Waals surface area contributed by atoms with Gasteiger partial charge in [-0.25, -0.2) is 9.07 Å². The normalized spacial score (nSPS) is 16.2. The average Bonchev–Trinajstić information content (AvgIpc) is 3.21. The van der Waals surface area contributed by atoms with E-state index < -0.39 is 0 Å². The summed E-state index contributed by atoms with van der Waals surface area (Å²) in [7, 11) is 0. The first-order valence-corrected chi connectivity index (χ1v) is 10.7. The van der Waals surface area contributed by atoms with E-state index in [0.29, 0.717) is 18.2 Å². The van der Waals surface area contributed by atoms with Gasteiger partial charge in [-0.1, -0.05) is 56.3 Å². The van der Waals surface area contributed by atoms with Crippen molar-refractivity contribution in [1.29, 1.82) is 0 Å². The maximum Gasteiger partial charge on any atom is 0.168 e. The Bertz CT molecular complexity index is 934. The van der Waals surface area contributed by atoms with Crippen LogP contribution in [-0.4, -0.2) is 51.3 Å². The highest BCUT2D eigenvalue weighted by atomic mass is 19.1. The molecule has 0 N–H and O–H groups in total. The van der Waals surface area contributed by atoms with E-state index >= 15 is 0 Å². The molecule has 0 amide bonds. The van der Waals surface area contributed by atoms with Crippen LogP contribution in [0.3, 0.4) is 0 Å². The topological polar surface area (TPSA) is 50.1 Å². The van der Waals surface area contributed by atoms with Crippen LogP contribution in [0.4, 0.5) is 10.1 Å². The van der Waals surface area contributed by atoms with Crippen LogP contribution in [0.25, 0.3) is 0 Å². The van der Waals surface area contributed by atoms with Crippen LogP contribution in [0.2, 0.25) is 0 Å². The lowest BCUT2D eigenvalue weighted by molar-refractivity contribution is 0.153. The summed E-state index contributed by atoms with van der Waals surface area (Å²) in [4.78, 5) is 4.58. The Hall–Kier alpha value is -2.80. The van der Waals surface area contributed by atoms with E-state index in [0.717, 1.165) is 38.4 Å². The Balaban J connectivity index is 1.51. The molecule has 1 fully saturated rings. The number of hydrogen-bond acceptors (Lipinski definition) is 5. The van der Waals surface area contributed by atoms with Crippen LogP contribution in [0.15, 0.2) is 54.6 Å². The van der Waals surface area contributed by atoms with Crippen molar-refractivity contribution in [2.24, 2.45) is 5.92 Å². The Morgan fingerprint density at radius 2 is 1.63 bits per heavy atom. The SMILES string of the molecule is CC(C)CC(c1nnnn1Cc1ccccc1)N1CCN(c2ccccc2F)CC1. The molecule has 0 saturated carbocycles. The van der Waals surface area contributed by atoms with Crippen LogP contribution in [0, 0.1) is 11.7 Å². The summed E-state index contributed by atoms with van der Waals surface area (Å²) in [6, 6.07) is 17.4. The average molecular weight is 409 g/mol. The first-order valence-electron chi connectivity index (χ1n) is 10.7. The van der Waals surface area contributed by atoms with Crippen LogP contribution in [0.1, 0.15) is 37.7 Å². The number of piperazine rings is 1. The van der Waals surface area contributed by atoms with Gasteiger partial charge in [-0.05, 0) is 40.5 Å². The van der Waals surface area contributed by atoms with Crippen molar-refractivity contribution >= 4 is 5.69 Å². The molecule has 1 atom stereocenters. The molecule has 1 aromatic heterocycles. The van der Waals surface area contributed by atoms with Gasteiger partial charge in [0.1, 0.15) is 5.82 Å². The fraction of sp³-hybridized carbons (Fsp3) is 0.435. The lowest BCUT2D eigenvalue weighted by Crippen LogP contribution is -2.48. The Kier molecular flexibility index (Phi) is 6.38. The van der Waals surface area contributed by atoms with Crippen LogP contribution < -0.4 is 4.90 Å². The van der Waals surface area contributed by atoms with Crippen molar-refractivity contribution < 1.29 is 4.39 Å². The van der Waals surface area contributed by atoms with Gasteiger partial charge >= 0.3 is 0 Å². The summed E-state index contributed by atoms with van der Waals surface area (Å²) in [5.41, 5.74) is 1.87. The van der Waals surface area contributed by atoms with Gasteiger partial charge in [0.15, 0.2) is 5.82 Å². The summed E-state index contributed by atoms with van der Waals surface area (Å²) in [5.74, 6) is 1.27. The predicted octanol–water partition coefficient (Wildman–Crippen LogP) is 3.77. The maximum absolute atomic E-state index is 14.2. The molecule has 6 nitrogen and oxygen atoms in total. The molecule has 1 unspecified atom stereocenters. The zero-order valence-corrected chi connectivity index (χ0v) is 17.7. The predicted molar refractivity (Wildman–Crippen MR) is 116 cm³/mol. The highest BCUT2D eigenvalue weighted by Gasteiger charge is 2.30. The van der Waals surface area contributed by atoms with E-state index in [1.54, 1.807) is 6.07 Å². The third-order valence-corrected chi connectivity index (χ3v) is 5.68. The highest BCUT2D eigenvalue weighted by Crippen LogP contribution is 2.29. The van der Waals surface area contributed by atoms with Crippen LogP contribution >= 0.6 is 0 Å². The summed E-state index contributed by atoms with van der Waals surface area (Å²) in [5, 5.41) is 12.7. The molecule has 7 heteroatoms. The molecule has 30 heavy (non-hydrogen) atoms. The molecule has 4 rings (SSSR count). The largest absolute Gasteiger partial charge is 0.367 e. The quantitative estimate of drug-likeness (QED) is 0.596. The molecular formula is C23H29FN6. The van der Waals surface area contributed by atoms with E-state index in [9.17, 15) is 4.39 Å². The summed E-state index contributed by atoms with van der Waals surface area (Å²) in [6.07, 6.45) is 0.981. The smallest absolute Gasteiger partial charge is 0.168 e. The fourth-order valence-electron chi connectivity index (χ4n) is 4.17. The minimum absolute atomic E-state index is 0.145. The summed E-state index contributed by atoms with van der Waals surface area (Å²) < 4.78 is 16.1. The van der Waals surface area contributed by atoms with Crippen molar-refractivity contribution in [3.63, 3.8) is 0 Å². The van der Waals surface area contributed by atoms with Gasteiger partial charge in [-0.2, -0.15) is 0 Å². The number of nitrogens with zero attached hydrogens (tertiary/aromatic N) is 6. The maximum atomic E-state index is 14.2. The molecule has 0 radical (unpaired) electrons. The van der Waals surface area contributed by atoms with Crippen LogP contribution in [0.5, 0.6) is 0 Å². The van der Waals surface area contributed by atoms with E-state index in [2.05, 4.69) is 51.3 Å². The molecule has 1 aliphatic heterocycles. The second-order valence-electron chi connectivity index (χ2n) is 8.30. The van der Waals surface area contributed by atoms with E-state index in [1.165, 1.54) is 11.6 Å². The van der Waals surface area contributed by atoms with E-state index in [-0.39, 0.29) is 11.9 Å². The van der Waals surface area contributed by atoms with Gasteiger partial charge in [0.2, 0.25) is 0 Å². The van der Waals surface area contributed by atoms with Gasteiger partial charge in [0.25, 0.3) is 0 Å². The second kappa shape index (κ2) is 9.34. The molecule has 3 aromatic rings. The summed E-state index contributed by atoms with van der Waals surface area (Å²) in [6.45, 7) is 8.40. The zero-order chi connectivity index (χ0) is 20.9. The minimum Gasteiger partial charge on any atom is -0.367 e. The van der Waals surface area contributed by atoms with Crippen molar-refractivity contribution in [3.8, 4) is 0 Å². The third kappa shape index (κ3) is 4.67. The zero-order valence-electron chi connectivity index (χ0n) is 17.7. The minimum atomic E-state index is -0.156. The third-order valence-electron chi connectivity index (χ3n) is 5.68. The molecule has 1 aliphatic rings. The number of tetrazole rings is 1. The highest BCUT2D eigenvalue weighted by molar-refractivity contribution is 5.48. The van der Waals surface area contributed by atoms with Crippen molar-refractivity contribution in [1.82, 2.24) is 25.1 Å². The Morgan fingerprint density at radius 1 is 0.933 bits per heavy atom. The molecule has 0 aliphatic carbocycles. The number of halogens is 1. The van der Waals surface area contributed by atoms with Crippen molar-refractivity contribution in [2.45, 2.75) is 32.9 Å². The van der Waals surface area contributed by atoms with Crippen molar-refractivity contribution in [3.05, 3.63) is 71.8 Å². The standard InChI is InChI=1S/C23H29FN6/c1-18(2)16-22(23-25-26-27-30(23)17-19-8-4-3-5-9-19)29-14-12-28(13-15-29)21-11-7-6-10-20(21)24/h3-11,18,22H,12-17H2,1-2H3. The Labute approximate surface area is 177 Å². The first-order chi connectivity index (χ1) is 14.6. The van der Waals surface area contributed by atoms with Gasteiger partial charge in [0.05, 0.1) is 18.3 Å². The van der Waals surface area contributed by atoms with Gasteiger partial charge in [-0.15, -0.1) is 5.10 Å². The van der Waals surface area contributed by atoms with Gasteiger partial charge < -0.3 is 4.90 Å². The molecular weight excluding hydrogens is 379 g/mol. The lowest BCUT2D eigenvalue weighted by atomic mass is 10.0. The monoisotopic (exact) mass is 408 g/mol. The molecule has 158 valence electrons. The number of para-hydroxylation sites is 1.